The summed E-state index contributed by atoms with van der Waals surface area (Å²) in [6, 6.07) is 0. The molecule has 6 aliphatic rings. The Bertz CT molecular complexity index is 1130. The van der Waals surface area contributed by atoms with Gasteiger partial charge in [-0.25, -0.2) is 0 Å². The maximum absolute atomic E-state index is 14.0. The third kappa shape index (κ3) is 5.21. The summed E-state index contributed by atoms with van der Waals surface area (Å²) in [6.45, 7) is 7.35. The minimum Gasteiger partial charge on any atom is -0.432 e. The van der Waals surface area contributed by atoms with Crippen molar-refractivity contribution < 1.29 is 64.6 Å². The van der Waals surface area contributed by atoms with E-state index in [1.807, 2.05) is 6.92 Å². The molecule has 4 saturated carbocycles. The van der Waals surface area contributed by atoms with Gasteiger partial charge in [0.05, 0.1) is 24.7 Å². The lowest BCUT2D eigenvalue weighted by Crippen LogP contribution is -2.62. The van der Waals surface area contributed by atoms with Gasteiger partial charge in [-0.15, -0.1) is 0 Å². The minimum absolute atomic E-state index is 0.0138. The maximum Gasteiger partial charge on any atom is 0.314 e. The molecule has 6 rings (SSSR count). The molecule has 6 fully saturated rings. The zero-order valence-corrected chi connectivity index (χ0v) is 26.0. The van der Waals surface area contributed by atoms with E-state index in [0.29, 0.717) is 12.8 Å². The Morgan fingerprint density at radius 2 is 1.44 bits per heavy atom. The first-order valence-electron chi connectivity index (χ1n) is 16.4. The van der Waals surface area contributed by atoms with Crippen LogP contribution in [0, 0.1) is 34.0 Å². The largest absolute Gasteiger partial charge is 0.432 e. The second kappa shape index (κ2) is 12.0. The van der Waals surface area contributed by atoms with Gasteiger partial charge in [-0.1, -0.05) is 25.5 Å². The van der Waals surface area contributed by atoms with Crippen LogP contribution in [0.25, 0.3) is 0 Å². The number of hydrogen-bond acceptors (Lipinski definition) is 13. The molecule has 0 aromatic heterocycles. The van der Waals surface area contributed by atoms with Gasteiger partial charge in [0.15, 0.2) is 6.29 Å². The first-order valence-corrected chi connectivity index (χ1v) is 16.4. The second-order valence-corrected chi connectivity index (χ2v) is 15.1. The van der Waals surface area contributed by atoms with Crippen LogP contribution >= 0.6 is 0 Å². The lowest BCUT2D eigenvalue weighted by atomic mass is 9.41. The highest BCUT2D eigenvalue weighted by molar-refractivity contribution is 5.77. The van der Waals surface area contributed by atoms with Crippen LogP contribution in [0.2, 0.25) is 0 Å². The van der Waals surface area contributed by atoms with E-state index >= 15 is 0 Å². The Balaban J connectivity index is 1.24. The van der Waals surface area contributed by atoms with Crippen LogP contribution in [0.4, 0.5) is 0 Å². The topological polar surface area (TPSA) is 216 Å². The summed E-state index contributed by atoms with van der Waals surface area (Å²) in [7, 11) is 0. The van der Waals surface area contributed by atoms with Crippen LogP contribution < -0.4 is 0 Å². The molecule has 1 spiro atoms. The number of rotatable bonds is 6. The molecule has 2 heterocycles. The molecule has 256 valence electrons. The molecule has 2 aliphatic heterocycles. The molecule has 8 N–H and O–H groups in total. The van der Waals surface area contributed by atoms with Crippen molar-refractivity contribution in [2.45, 2.75) is 133 Å². The third-order valence-electron chi connectivity index (χ3n) is 12.8. The molecule has 13 nitrogen and oxygen atoms in total. The van der Waals surface area contributed by atoms with Crippen molar-refractivity contribution in [3.05, 3.63) is 12.2 Å². The predicted molar refractivity (Wildman–Crippen MR) is 154 cm³/mol. The number of carbonyl (C=O) groups is 1. The Morgan fingerprint density at radius 3 is 2.07 bits per heavy atom. The lowest BCUT2D eigenvalue weighted by molar-refractivity contribution is -0.320. The van der Waals surface area contributed by atoms with Crippen LogP contribution in [-0.4, -0.2) is 128 Å². The summed E-state index contributed by atoms with van der Waals surface area (Å²) < 4.78 is 23.3. The maximum atomic E-state index is 14.0. The zero-order valence-electron chi connectivity index (χ0n) is 26.0. The number of aliphatic hydroxyl groups is 8. The molecule has 2 saturated heterocycles. The van der Waals surface area contributed by atoms with Crippen LogP contribution in [-0.2, 0) is 23.7 Å². The summed E-state index contributed by atoms with van der Waals surface area (Å²) in [5, 5.41) is 81.5. The Hall–Kier alpha value is -1.23. The summed E-state index contributed by atoms with van der Waals surface area (Å²) in [4.78, 5) is 14.0. The van der Waals surface area contributed by atoms with Crippen molar-refractivity contribution in [2.24, 2.45) is 34.0 Å². The Kier molecular flexibility index (Phi) is 9.00. The molecule has 0 aromatic carbocycles. The van der Waals surface area contributed by atoms with Gasteiger partial charge < -0.3 is 59.8 Å². The van der Waals surface area contributed by atoms with Gasteiger partial charge in [-0.3, -0.25) is 4.79 Å². The van der Waals surface area contributed by atoms with Gasteiger partial charge in [0.1, 0.15) is 48.8 Å². The zero-order chi connectivity index (χ0) is 32.6. The SMILES string of the molecule is C=C1C[C@]23CC[C@@H]4[C@](C)(CCC[C@]4(C)C(=O)O[C@@H]4O[C@H](CO)[C@@H](O)[C@H](O)[C@H]4O)[C@H]2C[C@H](O[C@@H]2O[C@H](CO)[C@@H](O)[C@H](O)[C@H]2O)[C@H]1C3. The van der Waals surface area contributed by atoms with Crippen molar-refractivity contribution in [2.75, 3.05) is 13.2 Å². The highest BCUT2D eigenvalue weighted by atomic mass is 16.7. The van der Waals surface area contributed by atoms with Crippen LogP contribution in [0.15, 0.2) is 12.2 Å². The van der Waals surface area contributed by atoms with Gasteiger partial charge in [0.25, 0.3) is 0 Å². The molecular weight excluding hydrogens is 592 g/mol. The van der Waals surface area contributed by atoms with E-state index < -0.39 is 92.1 Å². The van der Waals surface area contributed by atoms with Crippen LogP contribution in [0.5, 0.6) is 0 Å². The summed E-state index contributed by atoms with van der Waals surface area (Å²) in [5.41, 5.74) is -0.212. The van der Waals surface area contributed by atoms with E-state index in [4.69, 9.17) is 18.9 Å². The second-order valence-electron chi connectivity index (χ2n) is 15.1. The van der Waals surface area contributed by atoms with Crippen molar-refractivity contribution in [3.63, 3.8) is 0 Å². The van der Waals surface area contributed by atoms with Gasteiger partial charge in [-0.2, -0.15) is 0 Å². The number of carbonyl (C=O) groups excluding carboxylic acids is 1. The first kappa shape index (κ1) is 33.7. The molecule has 45 heavy (non-hydrogen) atoms. The van der Waals surface area contributed by atoms with Gasteiger partial charge >= 0.3 is 5.97 Å². The van der Waals surface area contributed by atoms with E-state index in [0.717, 1.165) is 44.1 Å². The van der Waals surface area contributed by atoms with E-state index in [2.05, 4.69) is 13.5 Å². The molecule has 4 aliphatic carbocycles. The number of esters is 1. The van der Waals surface area contributed by atoms with Crippen LogP contribution in [0.3, 0.4) is 0 Å². The third-order valence-corrected chi connectivity index (χ3v) is 12.8. The molecule has 2 bridgehead atoms. The van der Waals surface area contributed by atoms with Gasteiger partial charge in [-0.05, 0) is 74.5 Å². The van der Waals surface area contributed by atoms with Gasteiger partial charge in [0, 0.05) is 5.92 Å². The van der Waals surface area contributed by atoms with Crippen molar-refractivity contribution in [1.29, 1.82) is 0 Å². The number of fused-ring (bicyclic) bond motifs is 3. The normalized spacial score (nSPS) is 54.7. The summed E-state index contributed by atoms with van der Waals surface area (Å²) in [5.74, 6) is -0.517. The fourth-order valence-corrected chi connectivity index (χ4v) is 10.4. The quantitative estimate of drug-likeness (QED) is 0.100. The Labute approximate surface area is 262 Å². The molecule has 0 amide bonds. The van der Waals surface area contributed by atoms with E-state index in [1.165, 1.54) is 0 Å². The highest BCUT2D eigenvalue weighted by Gasteiger charge is 2.67. The molecule has 0 aromatic rings. The van der Waals surface area contributed by atoms with Crippen LogP contribution in [0.1, 0.15) is 65.2 Å². The van der Waals surface area contributed by atoms with Crippen molar-refractivity contribution in [3.8, 4) is 0 Å². The van der Waals surface area contributed by atoms with Gasteiger partial charge in [0.2, 0.25) is 6.29 Å². The molecule has 0 radical (unpaired) electrons. The Morgan fingerprint density at radius 1 is 0.844 bits per heavy atom. The first-order chi connectivity index (χ1) is 21.2. The van der Waals surface area contributed by atoms with E-state index in [1.54, 1.807) is 0 Å². The molecular formula is C32H50O13. The minimum atomic E-state index is -1.68. The van der Waals surface area contributed by atoms with Crippen molar-refractivity contribution >= 4 is 5.97 Å². The number of ether oxygens (including phenoxy) is 4. The molecule has 0 unspecified atom stereocenters. The van der Waals surface area contributed by atoms with E-state index in [-0.39, 0.29) is 28.6 Å². The number of hydrogen-bond donors (Lipinski definition) is 8. The smallest absolute Gasteiger partial charge is 0.314 e. The summed E-state index contributed by atoms with van der Waals surface area (Å²) >= 11 is 0. The molecule has 13 heteroatoms. The predicted octanol–water partition coefficient (Wildman–Crippen LogP) is -0.906. The highest BCUT2D eigenvalue weighted by Crippen LogP contribution is 2.72. The number of aliphatic hydroxyl groups excluding tert-OH is 8. The fourth-order valence-electron chi connectivity index (χ4n) is 10.4. The monoisotopic (exact) mass is 642 g/mol. The molecule has 17 atom stereocenters. The average molecular weight is 643 g/mol. The summed E-state index contributed by atoms with van der Waals surface area (Å²) in [6.07, 6.45) is -8.75. The lowest BCUT2D eigenvalue weighted by Gasteiger charge is -2.64. The average Bonchev–Trinajstić information content (AvgIpc) is 3.28. The van der Waals surface area contributed by atoms with Crippen molar-refractivity contribution in [1.82, 2.24) is 0 Å². The van der Waals surface area contributed by atoms with E-state index in [9.17, 15) is 45.6 Å². The fraction of sp³-hybridized carbons (Fsp3) is 0.906. The standard InChI is InChI=1S/C32H50O13/c1-14-10-32-8-5-19-30(2,6-4-7-31(19,3)29(41)45-28-26(40)24(38)22(36)18(13-34)44-28)20(32)9-16(15(14)11-32)42-27-25(39)23(37)21(35)17(12-33)43-27/h15-28,33-40H,1,4-13H2,2-3H3/t15-,16-,17+,18+,19+,20+,21+,22+,23-,24-,25+,26+,27+,28-,30-,31-,32-/m0/s1.